The molecule has 1 unspecified atom stereocenters. The molecule has 4 nitrogen and oxygen atoms in total. The minimum atomic E-state index is -0.239. The second-order valence-electron chi connectivity index (χ2n) is 4.71. The second-order valence-corrected chi connectivity index (χ2v) is 6.86. The van der Waals surface area contributed by atoms with Gasteiger partial charge in [-0.1, -0.05) is 18.5 Å². The molecule has 0 radical (unpaired) electrons. The number of rotatable bonds is 5. The highest BCUT2D eigenvalue weighted by atomic mass is 79.9. The van der Waals surface area contributed by atoms with Crippen molar-refractivity contribution < 1.29 is 0 Å². The van der Waals surface area contributed by atoms with E-state index in [4.69, 9.17) is 17.3 Å². The maximum atomic E-state index is 6.43. The summed E-state index contributed by atoms with van der Waals surface area (Å²) in [5.74, 6) is 0. The summed E-state index contributed by atoms with van der Waals surface area (Å²) >= 11 is 13.3. The van der Waals surface area contributed by atoms with Crippen LogP contribution in [0.25, 0.3) is 0 Å². The summed E-state index contributed by atoms with van der Waals surface area (Å²) in [4.78, 5) is 4.39. The molecule has 2 aromatic heterocycles. The van der Waals surface area contributed by atoms with Gasteiger partial charge < -0.3 is 5.73 Å². The highest BCUT2D eigenvalue weighted by molar-refractivity contribution is 9.11. The fourth-order valence-corrected chi connectivity index (χ4v) is 3.84. The van der Waals surface area contributed by atoms with Crippen LogP contribution in [0.15, 0.2) is 21.2 Å². The first-order chi connectivity index (χ1) is 9.97. The second kappa shape index (κ2) is 7.22. The van der Waals surface area contributed by atoms with Crippen molar-refractivity contribution in [2.75, 3.05) is 0 Å². The molecule has 0 amide bonds. The van der Waals surface area contributed by atoms with Crippen LogP contribution in [-0.2, 0) is 19.4 Å². The first-order valence-electron chi connectivity index (χ1n) is 6.78. The molecule has 0 saturated heterocycles. The van der Waals surface area contributed by atoms with E-state index in [-0.39, 0.29) is 6.04 Å². The van der Waals surface area contributed by atoms with Gasteiger partial charge in [-0.25, -0.2) is 0 Å². The lowest BCUT2D eigenvalue weighted by Gasteiger charge is -2.14. The van der Waals surface area contributed by atoms with Gasteiger partial charge in [-0.05, 0) is 51.3 Å². The first kappa shape index (κ1) is 16.9. The molecule has 0 aliphatic heterocycles. The van der Waals surface area contributed by atoms with Gasteiger partial charge in [0.15, 0.2) is 0 Å². The average Bonchev–Trinajstić information content (AvgIpc) is 2.75. The summed E-state index contributed by atoms with van der Waals surface area (Å²) in [5, 5.41) is 5.24. The molecule has 0 aromatic carbocycles. The number of nitrogens with zero attached hydrogens (tertiary/aromatic N) is 3. The third-order valence-electron chi connectivity index (χ3n) is 3.29. The van der Waals surface area contributed by atoms with Gasteiger partial charge in [-0.2, -0.15) is 5.10 Å². The molecule has 0 bridgehead atoms. The molecule has 2 rings (SSSR count). The van der Waals surface area contributed by atoms with Crippen molar-refractivity contribution in [1.82, 2.24) is 14.8 Å². The highest BCUT2D eigenvalue weighted by Gasteiger charge is 2.20. The predicted molar refractivity (Wildman–Crippen MR) is 92.6 cm³/mol. The largest absolute Gasteiger partial charge is 0.322 e. The van der Waals surface area contributed by atoms with Crippen molar-refractivity contribution in [3.05, 3.63) is 43.3 Å². The standard InChI is InChI=1S/C14H17Br2ClN4/c1-3-11-13(17)12(21(4-2)20-11)6-10(18)14-9(16)5-8(15)7-19-14/h5,7,10H,3-4,6,18H2,1-2H3. The Balaban J connectivity index is 2.31. The van der Waals surface area contributed by atoms with Crippen molar-refractivity contribution in [2.45, 2.75) is 39.3 Å². The Hall–Kier alpha value is -0.430. The van der Waals surface area contributed by atoms with E-state index in [9.17, 15) is 0 Å². The number of aromatic nitrogens is 3. The van der Waals surface area contributed by atoms with Crippen molar-refractivity contribution in [2.24, 2.45) is 5.73 Å². The Bertz CT molecular complexity index is 642. The Kier molecular flexibility index (Phi) is 5.82. The smallest absolute Gasteiger partial charge is 0.0850 e. The summed E-state index contributed by atoms with van der Waals surface area (Å²) in [5.41, 5.74) is 9.02. The molecule has 0 aliphatic rings. The van der Waals surface area contributed by atoms with Crippen molar-refractivity contribution in [3.63, 3.8) is 0 Å². The summed E-state index contributed by atoms with van der Waals surface area (Å²) in [6.07, 6.45) is 3.16. The summed E-state index contributed by atoms with van der Waals surface area (Å²) < 4.78 is 3.72. The molecule has 2 heterocycles. The topological polar surface area (TPSA) is 56.7 Å². The molecule has 0 spiro atoms. The molecule has 0 saturated carbocycles. The molecule has 2 aromatic rings. The van der Waals surface area contributed by atoms with E-state index in [1.807, 2.05) is 24.6 Å². The minimum absolute atomic E-state index is 0.239. The van der Waals surface area contributed by atoms with Gasteiger partial charge in [0.25, 0.3) is 0 Å². The van der Waals surface area contributed by atoms with Crippen LogP contribution in [-0.4, -0.2) is 14.8 Å². The van der Waals surface area contributed by atoms with E-state index >= 15 is 0 Å². The molecule has 2 N–H and O–H groups in total. The molecule has 21 heavy (non-hydrogen) atoms. The summed E-state index contributed by atoms with van der Waals surface area (Å²) in [6.45, 7) is 4.87. The first-order valence-corrected chi connectivity index (χ1v) is 8.74. The van der Waals surface area contributed by atoms with E-state index in [0.29, 0.717) is 6.42 Å². The third-order valence-corrected chi connectivity index (χ3v) is 4.80. The Labute approximate surface area is 146 Å². The van der Waals surface area contributed by atoms with E-state index in [0.717, 1.165) is 44.0 Å². The van der Waals surface area contributed by atoms with Crippen LogP contribution in [0.1, 0.15) is 37.0 Å². The maximum Gasteiger partial charge on any atom is 0.0850 e. The number of halogens is 3. The molecule has 0 fully saturated rings. The van der Waals surface area contributed by atoms with Crippen molar-refractivity contribution >= 4 is 43.5 Å². The number of hydrogen-bond acceptors (Lipinski definition) is 3. The highest BCUT2D eigenvalue weighted by Crippen LogP contribution is 2.29. The molecular weight excluding hydrogens is 419 g/mol. The van der Waals surface area contributed by atoms with E-state index in [2.05, 4.69) is 41.9 Å². The minimum Gasteiger partial charge on any atom is -0.322 e. The van der Waals surface area contributed by atoms with Crippen LogP contribution in [0.3, 0.4) is 0 Å². The van der Waals surface area contributed by atoms with Gasteiger partial charge in [0.2, 0.25) is 0 Å². The number of aryl methyl sites for hydroxylation is 2. The summed E-state index contributed by atoms with van der Waals surface area (Å²) in [6, 6.07) is 1.70. The van der Waals surface area contributed by atoms with E-state index in [1.165, 1.54) is 0 Å². The van der Waals surface area contributed by atoms with Gasteiger partial charge in [0.1, 0.15) is 0 Å². The van der Waals surface area contributed by atoms with Gasteiger partial charge in [-0.15, -0.1) is 0 Å². The molecule has 7 heteroatoms. The Morgan fingerprint density at radius 2 is 2.10 bits per heavy atom. The average molecular weight is 437 g/mol. The molecule has 114 valence electrons. The van der Waals surface area contributed by atoms with Crippen LogP contribution >= 0.6 is 43.5 Å². The van der Waals surface area contributed by atoms with Crippen molar-refractivity contribution in [1.29, 1.82) is 0 Å². The molecule has 0 aliphatic carbocycles. The van der Waals surface area contributed by atoms with Gasteiger partial charge in [-0.3, -0.25) is 9.67 Å². The van der Waals surface area contributed by atoms with Gasteiger partial charge in [0, 0.05) is 28.1 Å². The lowest BCUT2D eigenvalue weighted by Crippen LogP contribution is -2.18. The van der Waals surface area contributed by atoms with E-state index in [1.54, 1.807) is 6.20 Å². The normalized spacial score (nSPS) is 12.7. The molecular formula is C14H17Br2ClN4. The lowest BCUT2D eigenvalue weighted by atomic mass is 10.1. The molecule has 1 atom stereocenters. The lowest BCUT2D eigenvalue weighted by molar-refractivity contribution is 0.579. The SMILES string of the molecule is CCc1nn(CC)c(CC(N)c2ncc(Br)cc2Br)c1Cl. The fourth-order valence-electron chi connectivity index (χ4n) is 2.22. The Morgan fingerprint density at radius 1 is 1.38 bits per heavy atom. The van der Waals surface area contributed by atoms with Crippen LogP contribution in [0.5, 0.6) is 0 Å². The number of nitrogens with two attached hydrogens (primary N) is 1. The zero-order chi connectivity index (χ0) is 15.6. The third kappa shape index (κ3) is 3.67. The van der Waals surface area contributed by atoms with Crippen LogP contribution in [0.2, 0.25) is 5.02 Å². The predicted octanol–water partition coefficient (Wildman–Crippen LogP) is 4.28. The zero-order valence-electron chi connectivity index (χ0n) is 11.9. The monoisotopic (exact) mass is 434 g/mol. The van der Waals surface area contributed by atoms with Gasteiger partial charge in [0.05, 0.1) is 28.1 Å². The Morgan fingerprint density at radius 3 is 2.67 bits per heavy atom. The van der Waals surface area contributed by atoms with Crippen LogP contribution < -0.4 is 5.73 Å². The van der Waals surface area contributed by atoms with Crippen LogP contribution in [0.4, 0.5) is 0 Å². The number of hydrogen-bond donors (Lipinski definition) is 1. The number of pyridine rings is 1. The van der Waals surface area contributed by atoms with Crippen molar-refractivity contribution in [3.8, 4) is 0 Å². The fraction of sp³-hybridized carbons (Fsp3) is 0.429. The van der Waals surface area contributed by atoms with Gasteiger partial charge >= 0.3 is 0 Å². The van der Waals surface area contributed by atoms with Crippen LogP contribution in [0, 0.1) is 0 Å². The quantitative estimate of drug-likeness (QED) is 0.761. The zero-order valence-corrected chi connectivity index (χ0v) is 15.8. The summed E-state index contributed by atoms with van der Waals surface area (Å²) in [7, 11) is 0. The maximum absolute atomic E-state index is 6.43. The van der Waals surface area contributed by atoms with E-state index < -0.39 is 0 Å².